The molecule has 2 rings (SSSR count). The van der Waals surface area contributed by atoms with Gasteiger partial charge in [0.15, 0.2) is 9.84 Å². The number of carbonyl (C=O) groups excluding carboxylic acids is 1. The van der Waals surface area contributed by atoms with E-state index in [2.05, 4.69) is 5.32 Å². The van der Waals surface area contributed by atoms with Gasteiger partial charge in [0.05, 0.1) is 27.8 Å². The van der Waals surface area contributed by atoms with Crippen molar-refractivity contribution in [1.82, 2.24) is 5.32 Å². The highest BCUT2D eigenvalue weighted by Gasteiger charge is 2.34. The van der Waals surface area contributed by atoms with E-state index in [1.165, 1.54) is 24.3 Å². The third-order valence-corrected chi connectivity index (χ3v) is 7.43. The Morgan fingerprint density at radius 1 is 1.09 bits per heavy atom. The fourth-order valence-electron chi connectivity index (χ4n) is 3.38. The van der Waals surface area contributed by atoms with Gasteiger partial charge in [-0.05, 0) is 43.5 Å². The topological polar surface area (TPSA) is 144 Å². The molecule has 1 amide bonds. The third-order valence-electron chi connectivity index (χ3n) is 5.14. The van der Waals surface area contributed by atoms with Gasteiger partial charge in [-0.15, -0.1) is 0 Å². The molecule has 0 fully saturated rings. The van der Waals surface area contributed by atoms with E-state index >= 15 is 0 Å². The van der Waals surface area contributed by atoms with Crippen LogP contribution >= 0.6 is 0 Å². The van der Waals surface area contributed by atoms with Crippen LogP contribution in [-0.4, -0.2) is 46.2 Å². The van der Waals surface area contributed by atoms with Crippen LogP contribution in [0, 0.1) is 17.0 Å². The number of nitro groups is 1. The highest BCUT2D eigenvalue weighted by atomic mass is 32.2. The molecule has 10 nitrogen and oxygen atoms in total. The Hall–Kier alpha value is -2.99. The number of benzene rings is 2. The number of sulfonamides is 1. The maximum atomic E-state index is 13.1. The summed E-state index contributed by atoms with van der Waals surface area (Å²) in [5, 5.41) is 14.0. The maximum absolute atomic E-state index is 13.1. The first-order chi connectivity index (χ1) is 15.2. The molecule has 0 aliphatic carbocycles. The zero-order valence-corrected chi connectivity index (χ0v) is 20.6. The number of nitro benzene ring substituents is 1. The average molecular weight is 498 g/mol. The summed E-state index contributed by atoms with van der Waals surface area (Å²) in [6.45, 7) is 4.93. The lowest BCUT2D eigenvalue weighted by Crippen LogP contribution is -2.50. The lowest BCUT2D eigenvalue weighted by molar-refractivity contribution is -0.384. The van der Waals surface area contributed by atoms with Crippen molar-refractivity contribution in [1.29, 1.82) is 0 Å². The second-order valence-electron chi connectivity index (χ2n) is 7.78. The fourth-order valence-corrected chi connectivity index (χ4v) is 5.27. The SMILES string of the molecule is CC[C@H](C(=O)N[C@@H](C)c1ccc(S(C)(=O)=O)cc1)N(c1cc([N+](=O)[O-])ccc1C)S(C)(=O)=O. The van der Waals surface area contributed by atoms with Gasteiger partial charge in [-0.1, -0.05) is 25.1 Å². The molecule has 0 spiro atoms. The summed E-state index contributed by atoms with van der Waals surface area (Å²) in [6, 6.07) is 8.14. The number of carbonyl (C=O) groups is 1. The average Bonchev–Trinajstić information content (AvgIpc) is 2.70. The van der Waals surface area contributed by atoms with E-state index < -0.39 is 42.8 Å². The number of hydrogen-bond donors (Lipinski definition) is 1. The van der Waals surface area contributed by atoms with Crippen LogP contribution in [0.25, 0.3) is 0 Å². The number of hydrogen-bond acceptors (Lipinski definition) is 7. The monoisotopic (exact) mass is 497 g/mol. The predicted molar refractivity (Wildman–Crippen MR) is 125 cm³/mol. The molecule has 1 N–H and O–H groups in total. The van der Waals surface area contributed by atoms with E-state index in [4.69, 9.17) is 0 Å². The first-order valence-electron chi connectivity index (χ1n) is 10.0. The summed E-state index contributed by atoms with van der Waals surface area (Å²) in [5.41, 5.74) is 0.849. The van der Waals surface area contributed by atoms with Crippen molar-refractivity contribution in [2.45, 2.75) is 44.2 Å². The molecule has 33 heavy (non-hydrogen) atoms. The van der Waals surface area contributed by atoms with Gasteiger partial charge in [-0.25, -0.2) is 16.8 Å². The van der Waals surface area contributed by atoms with Crippen LogP contribution in [-0.2, 0) is 24.7 Å². The van der Waals surface area contributed by atoms with Crippen molar-refractivity contribution in [2.24, 2.45) is 0 Å². The Labute approximate surface area is 193 Å². The van der Waals surface area contributed by atoms with Crippen LogP contribution in [0.3, 0.4) is 0 Å². The normalized spacial score (nSPS) is 13.7. The van der Waals surface area contributed by atoms with E-state index in [1.54, 1.807) is 32.9 Å². The molecule has 0 aromatic heterocycles. The summed E-state index contributed by atoms with van der Waals surface area (Å²) in [4.78, 5) is 23.9. The minimum Gasteiger partial charge on any atom is -0.348 e. The summed E-state index contributed by atoms with van der Waals surface area (Å²) >= 11 is 0. The minimum atomic E-state index is -3.98. The summed E-state index contributed by atoms with van der Waals surface area (Å²) in [6.07, 6.45) is 2.14. The van der Waals surface area contributed by atoms with Gasteiger partial charge in [0.2, 0.25) is 15.9 Å². The number of nitrogens with one attached hydrogen (secondary N) is 1. The van der Waals surface area contributed by atoms with E-state index in [1.807, 2.05) is 0 Å². The molecule has 0 heterocycles. The number of non-ortho nitro benzene ring substituents is 1. The van der Waals surface area contributed by atoms with E-state index in [0.29, 0.717) is 11.1 Å². The van der Waals surface area contributed by atoms with Crippen LogP contribution in [0.5, 0.6) is 0 Å². The molecule has 2 aromatic rings. The Morgan fingerprint density at radius 2 is 1.67 bits per heavy atom. The number of rotatable bonds is 9. The fraction of sp³-hybridized carbons (Fsp3) is 0.381. The van der Waals surface area contributed by atoms with Crippen LogP contribution in [0.15, 0.2) is 47.4 Å². The van der Waals surface area contributed by atoms with Crippen molar-refractivity contribution in [2.75, 3.05) is 16.8 Å². The van der Waals surface area contributed by atoms with Gasteiger partial charge in [0.1, 0.15) is 6.04 Å². The smallest absolute Gasteiger partial charge is 0.271 e. The van der Waals surface area contributed by atoms with Crippen molar-refractivity contribution in [3.63, 3.8) is 0 Å². The Balaban J connectivity index is 2.40. The first-order valence-corrected chi connectivity index (χ1v) is 13.8. The lowest BCUT2D eigenvalue weighted by atomic mass is 10.1. The quantitative estimate of drug-likeness (QED) is 0.414. The van der Waals surface area contributed by atoms with E-state index in [-0.39, 0.29) is 22.7 Å². The number of sulfone groups is 1. The second-order valence-corrected chi connectivity index (χ2v) is 11.7. The number of anilines is 1. The largest absolute Gasteiger partial charge is 0.348 e. The zero-order valence-electron chi connectivity index (χ0n) is 19.0. The molecule has 0 saturated heterocycles. The molecule has 12 heteroatoms. The highest BCUT2D eigenvalue weighted by molar-refractivity contribution is 7.92. The van der Waals surface area contributed by atoms with Crippen molar-refractivity contribution in [3.05, 3.63) is 63.7 Å². The van der Waals surface area contributed by atoms with Gasteiger partial charge in [0, 0.05) is 18.4 Å². The van der Waals surface area contributed by atoms with Crippen LogP contribution in [0.4, 0.5) is 11.4 Å². The summed E-state index contributed by atoms with van der Waals surface area (Å²) < 4.78 is 49.5. The van der Waals surface area contributed by atoms with Crippen molar-refractivity contribution >= 4 is 37.1 Å². The van der Waals surface area contributed by atoms with E-state index in [9.17, 15) is 31.7 Å². The first kappa shape index (κ1) is 26.3. The van der Waals surface area contributed by atoms with E-state index in [0.717, 1.165) is 22.9 Å². The molecular formula is C21H27N3O7S2. The molecule has 0 aliphatic heterocycles. The Kier molecular flexibility index (Phi) is 7.86. The molecule has 0 bridgehead atoms. The predicted octanol–water partition coefficient (Wildman–Crippen LogP) is 2.73. The molecule has 0 saturated carbocycles. The lowest BCUT2D eigenvalue weighted by Gasteiger charge is -2.32. The molecule has 0 radical (unpaired) electrons. The summed E-state index contributed by atoms with van der Waals surface area (Å²) in [7, 11) is -7.34. The van der Waals surface area contributed by atoms with Gasteiger partial charge >= 0.3 is 0 Å². The minimum absolute atomic E-state index is 0.0545. The van der Waals surface area contributed by atoms with Crippen molar-refractivity contribution in [3.8, 4) is 0 Å². The molecular weight excluding hydrogens is 470 g/mol. The van der Waals surface area contributed by atoms with Crippen LogP contribution in [0.2, 0.25) is 0 Å². The molecule has 0 aliphatic rings. The third kappa shape index (κ3) is 6.29. The standard InChI is InChI=1S/C21H27N3O7S2/c1-6-19(21(25)22-15(3)16-8-11-18(12-9-16)32(4,28)29)23(33(5,30)31)20-13-17(24(26)27)10-7-14(20)2/h7-13,15,19H,6H2,1-5H3,(H,22,25)/t15-,19+/m0/s1. The van der Waals surface area contributed by atoms with Gasteiger partial charge in [-0.3, -0.25) is 19.2 Å². The molecule has 0 unspecified atom stereocenters. The van der Waals surface area contributed by atoms with Gasteiger partial charge in [-0.2, -0.15) is 0 Å². The molecule has 2 atom stereocenters. The summed E-state index contributed by atoms with van der Waals surface area (Å²) in [5.74, 6) is -0.589. The zero-order chi connectivity index (χ0) is 25.1. The van der Waals surface area contributed by atoms with Gasteiger partial charge in [0.25, 0.3) is 5.69 Å². The number of aryl methyl sites for hydroxylation is 1. The molecule has 2 aromatic carbocycles. The van der Waals surface area contributed by atoms with Crippen LogP contribution in [0.1, 0.15) is 37.4 Å². The number of amides is 1. The Bertz CT molecular complexity index is 1260. The number of nitrogens with zero attached hydrogens (tertiary/aromatic N) is 2. The van der Waals surface area contributed by atoms with Crippen molar-refractivity contribution < 1.29 is 26.6 Å². The Morgan fingerprint density at radius 3 is 2.12 bits per heavy atom. The van der Waals surface area contributed by atoms with Gasteiger partial charge < -0.3 is 5.32 Å². The van der Waals surface area contributed by atoms with Crippen LogP contribution < -0.4 is 9.62 Å². The highest BCUT2D eigenvalue weighted by Crippen LogP contribution is 2.30. The second kappa shape index (κ2) is 9.87. The molecule has 180 valence electrons. The maximum Gasteiger partial charge on any atom is 0.271 e.